The standard InChI is InChI=1S/C18H27Cl2F3N5O11P3S2/c1-9-10(7-37-42(35,36)39-41(33,34)18(19,20)40(30,31)32)38-15(12(9)29)28-8-25-11-13(24-4-6-43-2)26-16(27-14(11)28)44-5-3-17(21,22)23/h8-10,12,15,29H,3-7H2,1-2H3,(H,33,34)(H,35,36)(H,24,26,27)(H2,30,31,32)/t9-,10-,12-,15-/m1/s1. The van der Waals surface area contributed by atoms with E-state index in [4.69, 9.17) is 37.7 Å². The lowest BCUT2D eigenvalue weighted by Gasteiger charge is -2.26. The molecule has 252 valence electrons. The number of anilines is 1. The third-order valence-corrected chi connectivity index (χ3v) is 15.1. The molecule has 0 aliphatic carbocycles. The van der Waals surface area contributed by atoms with E-state index >= 15 is 0 Å². The molecule has 1 saturated heterocycles. The first kappa shape index (κ1) is 38.2. The molecule has 0 bridgehead atoms. The van der Waals surface area contributed by atoms with Gasteiger partial charge in [-0.2, -0.15) is 24.9 Å². The number of thioether (sulfide) groups is 2. The number of alkyl halides is 5. The summed E-state index contributed by atoms with van der Waals surface area (Å²) in [6.45, 7) is 1.06. The number of hydrogen-bond acceptors (Lipinski definition) is 13. The zero-order valence-electron chi connectivity index (χ0n) is 22.4. The van der Waals surface area contributed by atoms with Crippen LogP contribution in [-0.4, -0.2) is 97.3 Å². The molecule has 44 heavy (non-hydrogen) atoms. The number of imidazole rings is 1. The molecule has 0 spiro atoms. The van der Waals surface area contributed by atoms with Crippen molar-refractivity contribution >= 4 is 86.7 Å². The van der Waals surface area contributed by atoms with Gasteiger partial charge in [0.2, 0.25) is 0 Å². The van der Waals surface area contributed by atoms with Crippen molar-refractivity contribution in [3.05, 3.63) is 6.33 Å². The van der Waals surface area contributed by atoms with Gasteiger partial charge in [0.1, 0.15) is 6.10 Å². The zero-order valence-corrected chi connectivity index (χ0v) is 28.3. The number of ether oxygens (including phenoxy) is 1. The summed E-state index contributed by atoms with van der Waals surface area (Å²) in [5, 5.41) is 14.0. The molecule has 0 radical (unpaired) electrons. The number of aliphatic hydroxyl groups is 1. The van der Waals surface area contributed by atoms with Gasteiger partial charge in [-0.15, -0.1) is 0 Å². The van der Waals surface area contributed by atoms with Crippen molar-refractivity contribution in [2.24, 2.45) is 5.92 Å². The second-order valence-corrected chi connectivity index (χ2v) is 19.2. The van der Waals surface area contributed by atoms with Crippen LogP contribution in [0.1, 0.15) is 19.6 Å². The molecule has 1 fully saturated rings. The van der Waals surface area contributed by atoms with Crippen molar-refractivity contribution in [3.63, 3.8) is 0 Å². The monoisotopic (exact) mass is 773 g/mol. The highest BCUT2D eigenvalue weighted by Crippen LogP contribution is 2.79. The number of fused-ring (bicyclic) bond motifs is 1. The molecule has 0 aromatic carbocycles. The molecule has 0 amide bonds. The summed E-state index contributed by atoms with van der Waals surface area (Å²) < 4.78 is 86.0. The van der Waals surface area contributed by atoms with E-state index in [1.807, 2.05) is 6.26 Å². The third kappa shape index (κ3) is 9.23. The number of rotatable bonds is 15. The third-order valence-electron chi connectivity index (χ3n) is 5.93. The number of halogens is 5. The van der Waals surface area contributed by atoms with Crippen LogP contribution in [0.25, 0.3) is 11.2 Å². The van der Waals surface area contributed by atoms with E-state index < -0.39 is 70.4 Å². The van der Waals surface area contributed by atoms with Crippen molar-refractivity contribution in [3.8, 4) is 0 Å². The Hall–Kier alpha value is -0.210. The molecule has 2 aromatic heterocycles. The van der Waals surface area contributed by atoms with Crippen molar-refractivity contribution < 1.29 is 65.1 Å². The van der Waals surface area contributed by atoms with Gasteiger partial charge >= 0.3 is 33.0 Å². The highest BCUT2D eigenvalue weighted by Gasteiger charge is 2.62. The fourth-order valence-corrected chi connectivity index (χ4v) is 9.00. The van der Waals surface area contributed by atoms with Gasteiger partial charge < -0.3 is 34.7 Å². The Bertz CT molecular complexity index is 1470. The summed E-state index contributed by atoms with van der Waals surface area (Å²) in [7, 11) is -17.2. The average Bonchev–Trinajstić information content (AvgIpc) is 3.41. The normalized spacial score (nSPS) is 24.4. The first-order chi connectivity index (χ1) is 20.1. The van der Waals surface area contributed by atoms with E-state index in [0.29, 0.717) is 12.3 Å². The molecule has 6 atom stereocenters. The molecular formula is C18H27Cl2F3N5O11P3S2. The highest BCUT2D eigenvalue weighted by atomic mass is 35.5. The van der Waals surface area contributed by atoms with Crippen LogP contribution in [0.3, 0.4) is 0 Å². The number of nitrogens with zero attached hydrogens (tertiary/aromatic N) is 4. The predicted molar refractivity (Wildman–Crippen MR) is 156 cm³/mol. The maximum absolute atomic E-state index is 12.7. The summed E-state index contributed by atoms with van der Waals surface area (Å²) in [4.78, 5) is 50.8. The van der Waals surface area contributed by atoms with E-state index in [9.17, 15) is 41.8 Å². The van der Waals surface area contributed by atoms with Crippen LogP contribution in [0.4, 0.5) is 19.0 Å². The van der Waals surface area contributed by atoms with Gasteiger partial charge in [-0.25, -0.2) is 23.8 Å². The predicted octanol–water partition coefficient (Wildman–Crippen LogP) is 4.13. The smallest absolute Gasteiger partial charge is 0.388 e. The van der Waals surface area contributed by atoms with Crippen molar-refractivity contribution in [1.82, 2.24) is 19.5 Å². The number of aromatic nitrogens is 4. The number of phosphoric ester groups is 1. The van der Waals surface area contributed by atoms with Gasteiger partial charge in [0.05, 0.1) is 25.5 Å². The molecule has 26 heteroatoms. The van der Waals surface area contributed by atoms with E-state index in [2.05, 4.69) is 29.1 Å². The second kappa shape index (κ2) is 14.5. The van der Waals surface area contributed by atoms with Crippen LogP contribution in [0.2, 0.25) is 0 Å². The molecule has 3 rings (SSSR count). The van der Waals surface area contributed by atoms with Crippen molar-refractivity contribution in [2.45, 2.75) is 46.9 Å². The van der Waals surface area contributed by atoms with Crippen LogP contribution < -0.4 is 5.32 Å². The summed E-state index contributed by atoms with van der Waals surface area (Å²) in [6, 6.07) is 0. The fraction of sp³-hybridized carbons (Fsp3) is 0.722. The van der Waals surface area contributed by atoms with E-state index in [1.54, 1.807) is 0 Å². The van der Waals surface area contributed by atoms with Gasteiger partial charge in [0.25, 0.3) is 0 Å². The molecule has 6 N–H and O–H groups in total. The Labute approximate surface area is 266 Å². The van der Waals surface area contributed by atoms with Crippen LogP contribution in [0.15, 0.2) is 11.5 Å². The summed E-state index contributed by atoms with van der Waals surface area (Å²) in [5.74, 6) is -0.295. The van der Waals surface area contributed by atoms with E-state index in [0.717, 1.165) is 11.8 Å². The van der Waals surface area contributed by atoms with Crippen LogP contribution in [0, 0.1) is 5.92 Å². The Balaban J connectivity index is 1.82. The average molecular weight is 774 g/mol. The Kier molecular flexibility index (Phi) is 12.6. The Morgan fingerprint density at radius 1 is 1.16 bits per heavy atom. The Morgan fingerprint density at radius 3 is 2.41 bits per heavy atom. The number of aliphatic hydroxyl groups excluding tert-OH is 1. The van der Waals surface area contributed by atoms with Gasteiger partial charge in [0, 0.05) is 24.0 Å². The van der Waals surface area contributed by atoms with Gasteiger partial charge in [-0.05, 0) is 6.26 Å². The van der Waals surface area contributed by atoms with Crippen molar-refractivity contribution in [1.29, 1.82) is 0 Å². The minimum absolute atomic E-state index is 0.00710. The van der Waals surface area contributed by atoms with E-state index in [1.165, 1.54) is 29.6 Å². The molecule has 2 unspecified atom stereocenters. The first-order valence-corrected chi connectivity index (χ1v) is 19.9. The van der Waals surface area contributed by atoms with E-state index in [-0.39, 0.29) is 27.9 Å². The SMILES string of the molecule is CSCCNc1nc(SCCC(F)(F)F)nc2c1ncn2[C@@H]1O[C@H](COP(=O)(O)OP(=O)(O)C(Cl)(Cl)P(=O)(O)O)[C@@H](C)[C@H]1O. The maximum Gasteiger partial charge on any atom is 0.479 e. The number of phosphoric acid groups is 1. The van der Waals surface area contributed by atoms with Gasteiger partial charge in [-0.1, -0.05) is 41.9 Å². The van der Waals surface area contributed by atoms with Crippen LogP contribution in [0.5, 0.6) is 0 Å². The molecule has 1 aliphatic heterocycles. The number of nitrogens with one attached hydrogen (secondary N) is 1. The molecular weight excluding hydrogens is 747 g/mol. The molecule has 1 aliphatic rings. The molecule has 16 nitrogen and oxygen atoms in total. The second-order valence-electron chi connectivity index (χ2n) is 9.15. The topological polar surface area (TPSA) is 236 Å². The number of hydrogen-bond donors (Lipinski definition) is 6. The Morgan fingerprint density at radius 2 is 1.82 bits per heavy atom. The summed E-state index contributed by atoms with van der Waals surface area (Å²) in [5.41, 5.74) is 0.312. The molecule has 0 saturated carbocycles. The highest BCUT2D eigenvalue weighted by molar-refractivity contribution is 7.99. The minimum atomic E-state index is -5.90. The fourth-order valence-electron chi connectivity index (χ4n) is 3.63. The lowest BCUT2D eigenvalue weighted by Crippen LogP contribution is -2.26. The minimum Gasteiger partial charge on any atom is -0.388 e. The summed E-state index contributed by atoms with van der Waals surface area (Å²) >= 11 is 12.8. The molecule has 3 heterocycles. The largest absolute Gasteiger partial charge is 0.479 e. The lowest BCUT2D eigenvalue weighted by atomic mass is 10.0. The first-order valence-electron chi connectivity index (χ1n) is 12.1. The zero-order chi connectivity index (χ0) is 33.3. The maximum atomic E-state index is 12.7. The van der Waals surface area contributed by atoms with Crippen LogP contribution in [-0.2, 0) is 27.3 Å². The quantitative estimate of drug-likeness (QED) is 0.0491. The lowest BCUT2D eigenvalue weighted by molar-refractivity contribution is -0.129. The molecule has 2 aromatic rings. The van der Waals surface area contributed by atoms with Gasteiger partial charge in [-0.3, -0.25) is 18.2 Å². The van der Waals surface area contributed by atoms with Crippen LogP contribution >= 0.6 is 69.7 Å². The van der Waals surface area contributed by atoms with Gasteiger partial charge in [0.15, 0.2) is 28.4 Å². The summed E-state index contributed by atoms with van der Waals surface area (Å²) in [6.07, 6.45) is -6.12. The van der Waals surface area contributed by atoms with Crippen molar-refractivity contribution in [2.75, 3.05) is 36.2 Å².